The second-order valence-electron chi connectivity index (χ2n) is 5.33. The molecule has 1 aliphatic carbocycles. The van der Waals surface area contributed by atoms with E-state index in [1.54, 1.807) is 0 Å². The van der Waals surface area contributed by atoms with Crippen molar-refractivity contribution in [2.45, 2.75) is 37.6 Å². The van der Waals surface area contributed by atoms with Crippen LogP contribution in [0.25, 0.3) is 0 Å². The number of rotatable bonds is 5. The van der Waals surface area contributed by atoms with Crippen LogP contribution in [0.1, 0.15) is 35.7 Å². The Morgan fingerprint density at radius 3 is 2.90 bits per heavy atom. The number of hydrazine groups is 1. The molecule has 104 valence electrons. The number of pyridine rings is 2. The van der Waals surface area contributed by atoms with Gasteiger partial charge in [-0.2, -0.15) is 0 Å². The second-order valence-corrected chi connectivity index (χ2v) is 5.33. The van der Waals surface area contributed by atoms with E-state index in [1.807, 2.05) is 30.6 Å². The lowest BCUT2D eigenvalue weighted by molar-refractivity contribution is 0.407. The lowest BCUT2D eigenvalue weighted by atomic mass is 9.93. The quantitative estimate of drug-likeness (QED) is 0.643. The minimum Gasteiger partial charge on any atom is -0.271 e. The minimum absolute atomic E-state index is 0.258. The van der Waals surface area contributed by atoms with Crippen molar-refractivity contribution in [3.63, 3.8) is 0 Å². The summed E-state index contributed by atoms with van der Waals surface area (Å²) in [6.45, 7) is 0. The summed E-state index contributed by atoms with van der Waals surface area (Å²) in [5.74, 6) is 6.19. The first kappa shape index (κ1) is 13.2. The average Bonchev–Trinajstić information content (AvgIpc) is 2.93. The van der Waals surface area contributed by atoms with Gasteiger partial charge < -0.3 is 0 Å². The van der Waals surface area contributed by atoms with E-state index in [0.29, 0.717) is 5.92 Å². The van der Waals surface area contributed by atoms with Crippen LogP contribution in [-0.2, 0) is 12.8 Å². The lowest BCUT2D eigenvalue weighted by Crippen LogP contribution is -2.39. The Morgan fingerprint density at radius 1 is 1.20 bits per heavy atom. The number of aryl methyl sites for hydroxylation is 2. The van der Waals surface area contributed by atoms with E-state index in [0.717, 1.165) is 31.4 Å². The van der Waals surface area contributed by atoms with Crippen molar-refractivity contribution in [2.75, 3.05) is 0 Å². The molecule has 0 amide bonds. The Labute approximate surface area is 119 Å². The highest BCUT2D eigenvalue weighted by Crippen LogP contribution is 2.34. The van der Waals surface area contributed by atoms with Gasteiger partial charge in [0.05, 0.1) is 0 Å². The van der Waals surface area contributed by atoms with Gasteiger partial charge in [-0.05, 0) is 49.4 Å². The SMILES string of the molecule is NNC(CCc1ccccn1)C1CCc2cccnc21. The number of nitrogens with zero attached hydrogens (tertiary/aromatic N) is 2. The summed E-state index contributed by atoms with van der Waals surface area (Å²) in [6.07, 6.45) is 7.87. The fourth-order valence-corrected chi connectivity index (χ4v) is 3.09. The van der Waals surface area contributed by atoms with E-state index >= 15 is 0 Å². The largest absolute Gasteiger partial charge is 0.271 e. The van der Waals surface area contributed by atoms with Crippen molar-refractivity contribution in [1.29, 1.82) is 0 Å². The zero-order chi connectivity index (χ0) is 13.8. The van der Waals surface area contributed by atoms with E-state index in [-0.39, 0.29) is 6.04 Å². The molecule has 4 nitrogen and oxygen atoms in total. The maximum Gasteiger partial charge on any atom is 0.0482 e. The summed E-state index contributed by atoms with van der Waals surface area (Å²) in [7, 11) is 0. The summed E-state index contributed by atoms with van der Waals surface area (Å²) >= 11 is 0. The third kappa shape index (κ3) is 2.71. The van der Waals surface area contributed by atoms with Crippen molar-refractivity contribution in [2.24, 2.45) is 5.84 Å². The van der Waals surface area contributed by atoms with Crippen LogP contribution in [-0.4, -0.2) is 16.0 Å². The highest BCUT2D eigenvalue weighted by molar-refractivity contribution is 5.30. The Bertz CT molecular complexity index is 555. The van der Waals surface area contributed by atoms with Crippen molar-refractivity contribution < 1.29 is 0 Å². The molecule has 0 bridgehead atoms. The van der Waals surface area contributed by atoms with Crippen molar-refractivity contribution in [3.05, 3.63) is 59.7 Å². The van der Waals surface area contributed by atoms with Gasteiger partial charge >= 0.3 is 0 Å². The standard InChI is InChI=1S/C16H20N4/c17-20-15(9-7-13-5-1-2-10-18-13)14-8-6-12-4-3-11-19-16(12)14/h1-5,10-11,14-15,20H,6-9,17H2. The maximum absolute atomic E-state index is 5.78. The Morgan fingerprint density at radius 2 is 2.10 bits per heavy atom. The second kappa shape index (κ2) is 6.11. The van der Waals surface area contributed by atoms with Crippen LogP contribution in [0.5, 0.6) is 0 Å². The van der Waals surface area contributed by atoms with Crippen LogP contribution in [0.15, 0.2) is 42.7 Å². The van der Waals surface area contributed by atoms with Crippen molar-refractivity contribution in [1.82, 2.24) is 15.4 Å². The van der Waals surface area contributed by atoms with Gasteiger partial charge in [0.25, 0.3) is 0 Å². The maximum atomic E-state index is 5.78. The molecule has 2 atom stereocenters. The van der Waals surface area contributed by atoms with Gasteiger partial charge in [0.15, 0.2) is 0 Å². The Balaban J connectivity index is 1.69. The molecule has 0 saturated carbocycles. The molecule has 2 aromatic heterocycles. The third-order valence-electron chi connectivity index (χ3n) is 4.14. The molecule has 2 aromatic rings. The van der Waals surface area contributed by atoms with E-state index < -0.39 is 0 Å². The summed E-state index contributed by atoms with van der Waals surface area (Å²) < 4.78 is 0. The summed E-state index contributed by atoms with van der Waals surface area (Å²) in [4.78, 5) is 8.93. The van der Waals surface area contributed by atoms with Crippen molar-refractivity contribution >= 4 is 0 Å². The average molecular weight is 268 g/mol. The molecule has 0 aliphatic heterocycles. The topological polar surface area (TPSA) is 63.8 Å². The molecule has 3 N–H and O–H groups in total. The van der Waals surface area contributed by atoms with Crippen LogP contribution in [0.4, 0.5) is 0 Å². The van der Waals surface area contributed by atoms with E-state index in [9.17, 15) is 0 Å². The molecule has 1 aliphatic rings. The summed E-state index contributed by atoms with van der Waals surface area (Å²) in [5.41, 5.74) is 6.69. The Hall–Kier alpha value is -1.78. The zero-order valence-corrected chi connectivity index (χ0v) is 11.5. The van der Waals surface area contributed by atoms with Crippen LogP contribution in [0.2, 0.25) is 0 Å². The summed E-state index contributed by atoms with van der Waals surface area (Å²) in [5, 5.41) is 0. The fourth-order valence-electron chi connectivity index (χ4n) is 3.09. The first-order valence-corrected chi connectivity index (χ1v) is 7.18. The normalized spacial score (nSPS) is 18.8. The predicted octanol–water partition coefficient (Wildman–Crippen LogP) is 1.97. The number of aromatic nitrogens is 2. The smallest absolute Gasteiger partial charge is 0.0482 e. The Kier molecular flexibility index (Phi) is 4.04. The van der Waals surface area contributed by atoms with E-state index in [4.69, 9.17) is 5.84 Å². The molecule has 3 rings (SSSR count). The molecular weight excluding hydrogens is 248 g/mol. The van der Waals surface area contributed by atoms with Gasteiger partial charge in [0, 0.05) is 35.7 Å². The van der Waals surface area contributed by atoms with Gasteiger partial charge in [-0.3, -0.25) is 21.2 Å². The lowest BCUT2D eigenvalue weighted by Gasteiger charge is -2.22. The number of nitrogens with two attached hydrogens (primary N) is 1. The van der Waals surface area contributed by atoms with Crippen LogP contribution in [0, 0.1) is 0 Å². The van der Waals surface area contributed by atoms with E-state index in [2.05, 4.69) is 27.5 Å². The van der Waals surface area contributed by atoms with Gasteiger partial charge in [0.1, 0.15) is 0 Å². The summed E-state index contributed by atoms with van der Waals surface area (Å²) in [6, 6.07) is 10.5. The van der Waals surface area contributed by atoms with Crippen LogP contribution >= 0.6 is 0 Å². The highest BCUT2D eigenvalue weighted by atomic mass is 15.2. The number of hydrogen-bond acceptors (Lipinski definition) is 4. The molecule has 2 heterocycles. The molecule has 0 aromatic carbocycles. The monoisotopic (exact) mass is 268 g/mol. The van der Waals surface area contributed by atoms with Gasteiger partial charge in [-0.1, -0.05) is 12.1 Å². The zero-order valence-electron chi connectivity index (χ0n) is 11.5. The van der Waals surface area contributed by atoms with E-state index in [1.165, 1.54) is 11.3 Å². The first-order chi connectivity index (χ1) is 9.88. The van der Waals surface area contributed by atoms with Gasteiger partial charge in [0.2, 0.25) is 0 Å². The predicted molar refractivity (Wildman–Crippen MR) is 79.0 cm³/mol. The highest BCUT2D eigenvalue weighted by Gasteiger charge is 2.30. The third-order valence-corrected chi connectivity index (χ3v) is 4.14. The molecule has 0 spiro atoms. The van der Waals surface area contributed by atoms with Gasteiger partial charge in [-0.25, -0.2) is 0 Å². The number of nitrogens with one attached hydrogen (secondary N) is 1. The van der Waals surface area contributed by atoms with Crippen LogP contribution in [0.3, 0.4) is 0 Å². The minimum atomic E-state index is 0.258. The molecule has 0 saturated heterocycles. The molecular formula is C16H20N4. The van der Waals surface area contributed by atoms with Gasteiger partial charge in [-0.15, -0.1) is 0 Å². The molecule has 0 fully saturated rings. The first-order valence-electron chi connectivity index (χ1n) is 7.18. The molecule has 20 heavy (non-hydrogen) atoms. The number of fused-ring (bicyclic) bond motifs is 1. The van der Waals surface area contributed by atoms with Crippen molar-refractivity contribution in [3.8, 4) is 0 Å². The molecule has 0 radical (unpaired) electrons. The molecule has 4 heteroatoms. The number of hydrogen-bond donors (Lipinski definition) is 2. The fraction of sp³-hybridized carbons (Fsp3) is 0.375. The molecule has 2 unspecified atom stereocenters. The van der Waals surface area contributed by atoms with Crippen LogP contribution < -0.4 is 11.3 Å².